The highest BCUT2D eigenvalue weighted by molar-refractivity contribution is 6.21. The predicted octanol–water partition coefficient (Wildman–Crippen LogP) is 4.92. The van der Waals surface area contributed by atoms with E-state index < -0.39 is 5.97 Å². The van der Waals surface area contributed by atoms with Gasteiger partial charge in [0, 0.05) is 5.56 Å². The second-order valence-electron chi connectivity index (χ2n) is 7.63. The van der Waals surface area contributed by atoms with Crippen LogP contribution in [0.5, 0.6) is 34.5 Å². The Hall–Kier alpha value is -3.55. The second kappa shape index (κ2) is 11.4. The minimum atomic E-state index is -1.14. The maximum Gasteiger partial charge on any atom is 0.336 e. The molecule has 0 unspecified atom stereocenters. The SMILES string of the molecule is COc1cc(/C(=C/c2ccc(OC)c(OC(C)C)c2OC(C)C)C(=O)O)cc(OC)c1OC. The highest BCUT2D eigenvalue weighted by Crippen LogP contribution is 2.44. The fourth-order valence-electron chi connectivity index (χ4n) is 3.20. The monoisotopic (exact) mass is 460 g/mol. The summed E-state index contributed by atoms with van der Waals surface area (Å²) in [4.78, 5) is 12.3. The van der Waals surface area contributed by atoms with Gasteiger partial charge >= 0.3 is 5.97 Å². The van der Waals surface area contributed by atoms with Crippen molar-refractivity contribution in [2.45, 2.75) is 39.9 Å². The minimum absolute atomic E-state index is 0.00326. The van der Waals surface area contributed by atoms with Crippen LogP contribution < -0.4 is 28.4 Å². The van der Waals surface area contributed by atoms with Crippen LogP contribution in [0.15, 0.2) is 24.3 Å². The number of rotatable bonds is 11. The number of methoxy groups -OCH3 is 4. The van der Waals surface area contributed by atoms with E-state index in [1.165, 1.54) is 34.5 Å². The Balaban J connectivity index is 2.80. The molecule has 0 aliphatic heterocycles. The smallest absolute Gasteiger partial charge is 0.336 e. The van der Waals surface area contributed by atoms with Crippen molar-refractivity contribution in [1.29, 1.82) is 0 Å². The summed E-state index contributed by atoms with van der Waals surface area (Å²) in [6, 6.07) is 6.61. The van der Waals surface area contributed by atoms with Gasteiger partial charge in [-0.05, 0) is 63.6 Å². The van der Waals surface area contributed by atoms with Gasteiger partial charge in [-0.1, -0.05) is 0 Å². The molecule has 2 aromatic carbocycles. The average Bonchev–Trinajstić information content (AvgIpc) is 2.77. The van der Waals surface area contributed by atoms with E-state index in [0.29, 0.717) is 45.6 Å². The number of aliphatic carboxylic acids is 1. The molecule has 0 aromatic heterocycles. The highest BCUT2D eigenvalue weighted by Gasteiger charge is 2.22. The lowest BCUT2D eigenvalue weighted by Crippen LogP contribution is -2.13. The van der Waals surface area contributed by atoms with Gasteiger partial charge in [0.1, 0.15) is 0 Å². The van der Waals surface area contributed by atoms with Crippen LogP contribution in [0.2, 0.25) is 0 Å². The van der Waals surface area contributed by atoms with Crippen LogP contribution in [-0.2, 0) is 4.79 Å². The molecule has 180 valence electrons. The van der Waals surface area contributed by atoms with Crippen LogP contribution in [-0.4, -0.2) is 51.7 Å². The molecule has 0 spiro atoms. The molecular formula is C25H32O8. The summed E-state index contributed by atoms with van der Waals surface area (Å²) in [6.07, 6.45) is 1.18. The number of carboxylic acid groups (broad SMARTS) is 1. The van der Waals surface area contributed by atoms with Crippen molar-refractivity contribution in [3.8, 4) is 34.5 Å². The van der Waals surface area contributed by atoms with Crippen LogP contribution in [0, 0.1) is 0 Å². The minimum Gasteiger partial charge on any atom is -0.493 e. The Kier molecular flexibility index (Phi) is 8.85. The summed E-state index contributed by atoms with van der Waals surface area (Å²) in [6.45, 7) is 7.53. The zero-order valence-electron chi connectivity index (χ0n) is 20.3. The quantitative estimate of drug-likeness (QED) is 0.373. The van der Waals surface area contributed by atoms with E-state index in [1.54, 1.807) is 24.3 Å². The maximum atomic E-state index is 12.3. The van der Waals surface area contributed by atoms with Crippen LogP contribution in [0.4, 0.5) is 0 Å². The molecule has 0 atom stereocenters. The van der Waals surface area contributed by atoms with Gasteiger partial charge in [-0.3, -0.25) is 0 Å². The third kappa shape index (κ3) is 6.03. The Morgan fingerprint density at radius 2 is 1.27 bits per heavy atom. The van der Waals surface area contributed by atoms with Crippen molar-refractivity contribution in [2.24, 2.45) is 0 Å². The van der Waals surface area contributed by atoms with Gasteiger partial charge in [-0.25, -0.2) is 4.79 Å². The number of hydrogen-bond acceptors (Lipinski definition) is 7. The maximum absolute atomic E-state index is 12.3. The van der Waals surface area contributed by atoms with Crippen LogP contribution in [0.25, 0.3) is 11.6 Å². The molecule has 0 aliphatic rings. The first-order chi connectivity index (χ1) is 15.7. The lowest BCUT2D eigenvalue weighted by molar-refractivity contribution is -0.130. The van der Waals surface area contributed by atoms with Gasteiger partial charge in [-0.2, -0.15) is 0 Å². The zero-order chi connectivity index (χ0) is 24.7. The molecule has 1 N–H and O–H groups in total. The first-order valence-corrected chi connectivity index (χ1v) is 10.5. The van der Waals surface area contributed by atoms with E-state index in [9.17, 15) is 9.90 Å². The fourth-order valence-corrected chi connectivity index (χ4v) is 3.20. The van der Waals surface area contributed by atoms with Gasteiger partial charge in [0.2, 0.25) is 11.5 Å². The van der Waals surface area contributed by atoms with Crippen molar-refractivity contribution in [3.05, 3.63) is 35.4 Å². The second-order valence-corrected chi connectivity index (χ2v) is 7.63. The number of carboxylic acids is 1. The molecule has 0 radical (unpaired) electrons. The Labute approximate surface area is 194 Å². The Morgan fingerprint density at radius 3 is 1.70 bits per heavy atom. The lowest BCUT2D eigenvalue weighted by atomic mass is 10.0. The Morgan fingerprint density at radius 1 is 0.758 bits per heavy atom. The molecule has 0 fully saturated rings. The van der Waals surface area contributed by atoms with E-state index in [2.05, 4.69) is 0 Å². The topological polar surface area (TPSA) is 92.7 Å². The number of ether oxygens (including phenoxy) is 6. The van der Waals surface area contributed by atoms with Gasteiger partial charge in [-0.15, -0.1) is 0 Å². The molecular weight excluding hydrogens is 428 g/mol. The summed E-state index contributed by atoms with van der Waals surface area (Å²) in [5.41, 5.74) is 0.893. The number of hydrogen-bond donors (Lipinski definition) is 1. The molecule has 0 saturated carbocycles. The predicted molar refractivity (Wildman–Crippen MR) is 126 cm³/mol. The normalized spacial score (nSPS) is 11.4. The first kappa shape index (κ1) is 25.7. The van der Waals surface area contributed by atoms with E-state index in [1.807, 2.05) is 27.7 Å². The van der Waals surface area contributed by atoms with Gasteiger partial charge in [0.25, 0.3) is 0 Å². The largest absolute Gasteiger partial charge is 0.493 e. The van der Waals surface area contributed by atoms with Crippen LogP contribution in [0.3, 0.4) is 0 Å². The number of carbonyl (C=O) groups is 1. The standard InChI is InChI=1S/C25H32O8/c1-14(2)32-22-16(9-10-19(28-5)24(22)33-15(3)4)11-18(25(26)27)17-12-20(29-6)23(31-8)21(13-17)30-7/h9-15H,1-8H3,(H,26,27)/b18-11-. The van der Waals surface area contributed by atoms with Gasteiger partial charge in [0.05, 0.1) is 46.2 Å². The van der Waals surface area contributed by atoms with Crippen molar-refractivity contribution < 1.29 is 38.3 Å². The van der Waals surface area contributed by atoms with E-state index in [4.69, 9.17) is 28.4 Å². The summed E-state index contributed by atoms with van der Waals surface area (Å²) >= 11 is 0. The van der Waals surface area contributed by atoms with Crippen LogP contribution >= 0.6 is 0 Å². The van der Waals surface area contributed by atoms with Gasteiger partial charge in [0.15, 0.2) is 23.0 Å². The molecule has 0 saturated heterocycles. The first-order valence-electron chi connectivity index (χ1n) is 10.5. The molecule has 0 aliphatic carbocycles. The van der Waals surface area contributed by atoms with Crippen molar-refractivity contribution >= 4 is 17.6 Å². The highest BCUT2D eigenvalue weighted by atomic mass is 16.5. The van der Waals surface area contributed by atoms with E-state index >= 15 is 0 Å². The fraction of sp³-hybridized carbons (Fsp3) is 0.400. The van der Waals surface area contributed by atoms with Crippen molar-refractivity contribution in [1.82, 2.24) is 0 Å². The zero-order valence-corrected chi connectivity index (χ0v) is 20.3. The molecule has 0 heterocycles. The van der Waals surface area contributed by atoms with E-state index in [-0.39, 0.29) is 17.8 Å². The van der Waals surface area contributed by atoms with Gasteiger partial charge < -0.3 is 33.5 Å². The van der Waals surface area contributed by atoms with Crippen molar-refractivity contribution in [2.75, 3.05) is 28.4 Å². The van der Waals surface area contributed by atoms with E-state index in [0.717, 1.165) is 0 Å². The summed E-state index contributed by atoms with van der Waals surface area (Å²) in [5.74, 6) is 1.21. The average molecular weight is 461 g/mol. The molecule has 0 amide bonds. The number of benzene rings is 2. The molecule has 2 aromatic rings. The summed E-state index contributed by atoms with van der Waals surface area (Å²) < 4.78 is 33.6. The molecule has 33 heavy (non-hydrogen) atoms. The third-order valence-electron chi connectivity index (χ3n) is 4.54. The summed E-state index contributed by atoms with van der Waals surface area (Å²) in [5, 5.41) is 10.1. The molecule has 8 nitrogen and oxygen atoms in total. The third-order valence-corrected chi connectivity index (χ3v) is 4.54. The lowest BCUT2D eigenvalue weighted by Gasteiger charge is -2.21. The van der Waals surface area contributed by atoms with Crippen molar-refractivity contribution in [3.63, 3.8) is 0 Å². The molecule has 8 heteroatoms. The van der Waals surface area contributed by atoms with Crippen LogP contribution in [0.1, 0.15) is 38.8 Å². The molecule has 0 bridgehead atoms. The molecule has 2 rings (SSSR count). The summed E-state index contributed by atoms with van der Waals surface area (Å²) in [7, 11) is 5.96. The Bertz CT molecular complexity index is 983.